The van der Waals surface area contributed by atoms with Gasteiger partial charge >= 0.3 is 6.18 Å². The van der Waals surface area contributed by atoms with Gasteiger partial charge in [-0.15, -0.1) is 0 Å². The maximum absolute atomic E-state index is 13.7. The Balaban J connectivity index is 1.39. The Labute approximate surface area is 188 Å². The molecule has 0 unspecified atom stereocenters. The molecule has 2 fully saturated rings. The standard InChI is InChI=1S/C23H21F3N6O/c1-13-14-9-18(31-22-29-11-15(12-30-22)23(24,25)26)19(10-14)32(13)21(33)17-6-3-2-5-16(17)20-27-7-4-8-28-20/h2-8,11-14,18-19H,9-10H2,1H3,(H,29,30,31)/t13-,14+,18-,19+/m1/s1. The number of rotatable bonds is 4. The van der Waals surface area contributed by atoms with Gasteiger partial charge in [0.1, 0.15) is 0 Å². The quantitative estimate of drug-likeness (QED) is 0.640. The van der Waals surface area contributed by atoms with E-state index in [2.05, 4.69) is 25.3 Å². The Morgan fingerprint density at radius 1 is 1.03 bits per heavy atom. The van der Waals surface area contributed by atoms with Gasteiger partial charge in [-0.3, -0.25) is 4.79 Å². The van der Waals surface area contributed by atoms with Gasteiger partial charge in [0.25, 0.3) is 5.91 Å². The summed E-state index contributed by atoms with van der Waals surface area (Å²) in [7, 11) is 0. The van der Waals surface area contributed by atoms with E-state index in [1.165, 1.54) is 0 Å². The molecule has 3 heterocycles. The highest BCUT2D eigenvalue weighted by Gasteiger charge is 2.51. The van der Waals surface area contributed by atoms with Crippen LogP contribution >= 0.6 is 0 Å². The molecule has 1 N–H and O–H groups in total. The van der Waals surface area contributed by atoms with Crippen molar-refractivity contribution in [2.24, 2.45) is 5.92 Å². The smallest absolute Gasteiger partial charge is 0.349 e. The molecule has 1 aromatic carbocycles. The van der Waals surface area contributed by atoms with Gasteiger partial charge in [0.15, 0.2) is 5.82 Å². The molecular formula is C23H21F3N6O. The van der Waals surface area contributed by atoms with E-state index >= 15 is 0 Å². The molecule has 5 rings (SSSR count). The topological polar surface area (TPSA) is 83.9 Å². The average Bonchev–Trinajstić information content (AvgIpc) is 3.36. The van der Waals surface area contributed by atoms with Crippen LogP contribution < -0.4 is 5.32 Å². The van der Waals surface area contributed by atoms with Gasteiger partial charge in [-0.2, -0.15) is 13.2 Å². The number of halogens is 3. The summed E-state index contributed by atoms with van der Waals surface area (Å²) in [4.78, 5) is 31.8. The molecule has 1 amide bonds. The Morgan fingerprint density at radius 2 is 1.73 bits per heavy atom. The highest BCUT2D eigenvalue weighted by Crippen LogP contribution is 2.44. The maximum atomic E-state index is 13.7. The van der Waals surface area contributed by atoms with Crippen LogP contribution in [0.3, 0.4) is 0 Å². The van der Waals surface area contributed by atoms with Crippen LogP contribution in [0.1, 0.15) is 35.7 Å². The van der Waals surface area contributed by atoms with Crippen molar-refractivity contribution in [2.75, 3.05) is 5.32 Å². The lowest BCUT2D eigenvalue weighted by Crippen LogP contribution is -2.51. The largest absolute Gasteiger partial charge is 0.419 e. The van der Waals surface area contributed by atoms with Crippen LogP contribution in [0.2, 0.25) is 0 Å². The van der Waals surface area contributed by atoms with Gasteiger partial charge < -0.3 is 10.2 Å². The molecule has 1 saturated carbocycles. The van der Waals surface area contributed by atoms with E-state index in [1.807, 2.05) is 30.0 Å². The van der Waals surface area contributed by atoms with E-state index in [0.717, 1.165) is 25.2 Å². The Kier molecular flexibility index (Phi) is 5.22. The lowest BCUT2D eigenvalue weighted by atomic mass is 9.96. The number of benzene rings is 1. The molecule has 10 heteroatoms. The second-order valence-electron chi connectivity index (χ2n) is 8.41. The highest BCUT2D eigenvalue weighted by atomic mass is 19.4. The summed E-state index contributed by atoms with van der Waals surface area (Å²) < 4.78 is 38.4. The van der Waals surface area contributed by atoms with Crippen molar-refractivity contribution in [3.05, 3.63) is 66.2 Å². The van der Waals surface area contributed by atoms with Gasteiger partial charge in [-0.1, -0.05) is 18.2 Å². The molecule has 170 valence electrons. The van der Waals surface area contributed by atoms with Gasteiger partial charge in [-0.25, -0.2) is 19.9 Å². The number of aromatic nitrogens is 4. The van der Waals surface area contributed by atoms with Crippen LogP contribution in [-0.2, 0) is 6.18 Å². The van der Waals surface area contributed by atoms with E-state index in [-0.39, 0.29) is 35.9 Å². The second kappa shape index (κ2) is 8.09. The minimum absolute atomic E-state index is 0.0406. The van der Waals surface area contributed by atoms with Gasteiger partial charge in [0.05, 0.1) is 17.2 Å². The van der Waals surface area contributed by atoms with Crippen molar-refractivity contribution in [3.63, 3.8) is 0 Å². The molecule has 0 spiro atoms. The fourth-order valence-electron chi connectivity index (χ4n) is 4.93. The molecule has 0 radical (unpaired) electrons. The molecule has 1 aliphatic heterocycles. The number of alkyl halides is 3. The fraction of sp³-hybridized carbons (Fsp3) is 0.348. The maximum Gasteiger partial charge on any atom is 0.419 e. The summed E-state index contributed by atoms with van der Waals surface area (Å²) in [5, 5.41) is 3.15. The monoisotopic (exact) mass is 454 g/mol. The highest BCUT2D eigenvalue weighted by molar-refractivity contribution is 6.00. The number of piperidine rings is 1. The second-order valence-corrected chi connectivity index (χ2v) is 8.41. The number of nitrogens with zero attached hydrogens (tertiary/aromatic N) is 5. The Hall–Kier alpha value is -3.56. The normalized spacial score (nSPS) is 24.2. The summed E-state index contributed by atoms with van der Waals surface area (Å²) in [5.74, 6) is 0.772. The number of nitrogens with one attached hydrogen (secondary N) is 1. The van der Waals surface area contributed by atoms with Crippen molar-refractivity contribution in [2.45, 2.75) is 44.1 Å². The Morgan fingerprint density at radius 3 is 2.39 bits per heavy atom. The molecule has 33 heavy (non-hydrogen) atoms. The number of carbonyl (C=O) groups excluding carboxylic acids is 1. The van der Waals surface area contributed by atoms with Crippen LogP contribution in [0.25, 0.3) is 11.4 Å². The first-order valence-corrected chi connectivity index (χ1v) is 10.7. The minimum Gasteiger partial charge on any atom is -0.349 e. The van der Waals surface area contributed by atoms with Crippen LogP contribution in [0.4, 0.5) is 19.1 Å². The summed E-state index contributed by atoms with van der Waals surface area (Å²) in [6, 6.07) is 8.74. The molecule has 4 atom stereocenters. The number of amides is 1. The third-order valence-electron chi connectivity index (χ3n) is 6.54. The summed E-state index contributed by atoms with van der Waals surface area (Å²) in [6.07, 6.45) is 1.93. The van der Waals surface area contributed by atoms with Crippen LogP contribution in [0, 0.1) is 5.92 Å². The summed E-state index contributed by atoms with van der Waals surface area (Å²) in [5.41, 5.74) is 0.285. The van der Waals surface area contributed by atoms with Gasteiger partial charge in [-0.05, 0) is 37.8 Å². The number of anilines is 1. The van der Waals surface area contributed by atoms with E-state index in [9.17, 15) is 18.0 Å². The zero-order valence-corrected chi connectivity index (χ0v) is 17.7. The third kappa shape index (κ3) is 3.90. The van der Waals surface area contributed by atoms with E-state index in [1.54, 1.807) is 24.5 Å². The number of carbonyl (C=O) groups is 1. The van der Waals surface area contributed by atoms with Crippen molar-refractivity contribution in [1.82, 2.24) is 24.8 Å². The first-order chi connectivity index (χ1) is 15.8. The fourth-order valence-corrected chi connectivity index (χ4v) is 4.93. The average molecular weight is 454 g/mol. The molecule has 3 aromatic rings. The number of hydrogen-bond donors (Lipinski definition) is 1. The number of hydrogen-bond acceptors (Lipinski definition) is 6. The van der Waals surface area contributed by atoms with Crippen molar-refractivity contribution in [1.29, 1.82) is 0 Å². The SMILES string of the molecule is C[C@@H]1[C@H]2C[C@@H](Nc3ncc(C(F)(F)F)cn3)[C@H](C2)N1C(=O)c1ccccc1-c1ncccn1. The van der Waals surface area contributed by atoms with Crippen molar-refractivity contribution >= 4 is 11.9 Å². The van der Waals surface area contributed by atoms with Crippen molar-refractivity contribution in [3.8, 4) is 11.4 Å². The molecule has 1 aliphatic carbocycles. The molecule has 2 aromatic heterocycles. The van der Waals surface area contributed by atoms with Crippen LogP contribution in [-0.4, -0.2) is 48.9 Å². The molecule has 2 bridgehead atoms. The molecule has 1 saturated heterocycles. The predicted molar refractivity (Wildman–Crippen MR) is 114 cm³/mol. The Bertz CT molecular complexity index is 1150. The van der Waals surface area contributed by atoms with E-state index in [0.29, 0.717) is 17.0 Å². The zero-order chi connectivity index (χ0) is 23.2. The number of likely N-dealkylation sites (tertiary alicyclic amines) is 1. The minimum atomic E-state index is -4.49. The summed E-state index contributed by atoms with van der Waals surface area (Å²) in [6.45, 7) is 2.04. The lowest BCUT2D eigenvalue weighted by molar-refractivity contribution is -0.138. The third-order valence-corrected chi connectivity index (χ3v) is 6.54. The molecule has 2 aliphatic rings. The van der Waals surface area contributed by atoms with Crippen LogP contribution in [0.5, 0.6) is 0 Å². The number of fused-ring (bicyclic) bond motifs is 2. The molecular weight excluding hydrogens is 433 g/mol. The zero-order valence-electron chi connectivity index (χ0n) is 17.7. The van der Waals surface area contributed by atoms with E-state index in [4.69, 9.17) is 0 Å². The van der Waals surface area contributed by atoms with E-state index < -0.39 is 11.7 Å². The van der Waals surface area contributed by atoms with Gasteiger partial charge in [0.2, 0.25) is 5.95 Å². The summed E-state index contributed by atoms with van der Waals surface area (Å²) >= 11 is 0. The van der Waals surface area contributed by atoms with Gasteiger partial charge in [0, 0.05) is 42.4 Å². The van der Waals surface area contributed by atoms with Crippen molar-refractivity contribution < 1.29 is 18.0 Å². The first-order valence-electron chi connectivity index (χ1n) is 10.7. The van der Waals surface area contributed by atoms with Crippen LogP contribution in [0.15, 0.2) is 55.1 Å². The first kappa shape index (κ1) is 21.3. The molecule has 7 nitrogen and oxygen atoms in total. The predicted octanol–water partition coefficient (Wildman–Crippen LogP) is 4.06. The lowest BCUT2D eigenvalue weighted by Gasteiger charge is -2.38.